The summed E-state index contributed by atoms with van der Waals surface area (Å²) < 4.78 is 11.6. The molecule has 0 N–H and O–H groups in total. The van der Waals surface area contributed by atoms with E-state index >= 15 is 0 Å². The third-order valence-electron chi connectivity index (χ3n) is 7.85. The van der Waals surface area contributed by atoms with Crippen LogP contribution >= 0.6 is 0 Å². The number of carbonyl (C=O) groups excluding carboxylic acids is 2. The van der Waals surface area contributed by atoms with Gasteiger partial charge in [0.1, 0.15) is 11.2 Å². The number of ether oxygens (including phenoxy) is 2. The highest BCUT2D eigenvalue weighted by atomic mass is 16.6. The third-order valence-corrected chi connectivity index (χ3v) is 7.85. The SMILES string of the molecule is C=C[C@](C)(CC[C@H]1[C@]2(C)CCCC(C)(C)[C@@H]2CC[C@@]1(C)OC(C)=O)OC(C)=O. The minimum absolute atomic E-state index is 0.0997. The zero-order chi connectivity index (χ0) is 21.4. The number of rotatable bonds is 6. The van der Waals surface area contributed by atoms with Gasteiger partial charge in [0.2, 0.25) is 0 Å². The molecule has 0 aromatic rings. The quantitative estimate of drug-likeness (QED) is 0.421. The highest BCUT2D eigenvalue weighted by molar-refractivity contribution is 5.67. The second kappa shape index (κ2) is 7.84. The van der Waals surface area contributed by atoms with Gasteiger partial charge in [-0.2, -0.15) is 0 Å². The van der Waals surface area contributed by atoms with E-state index in [1.165, 1.54) is 26.7 Å². The first-order chi connectivity index (χ1) is 12.8. The lowest BCUT2D eigenvalue weighted by Gasteiger charge is -2.62. The number of fused-ring (bicyclic) bond motifs is 1. The minimum atomic E-state index is -0.698. The maximum Gasteiger partial charge on any atom is 0.303 e. The summed E-state index contributed by atoms with van der Waals surface area (Å²) in [5, 5.41) is 0. The van der Waals surface area contributed by atoms with Crippen molar-refractivity contribution in [1.82, 2.24) is 0 Å². The second-order valence-corrected chi connectivity index (χ2v) is 10.5. The predicted octanol–water partition coefficient (Wildman–Crippen LogP) is 5.84. The molecule has 0 bridgehead atoms. The van der Waals surface area contributed by atoms with Crippen molar-refractivity contribution in [2.75, 3.05) is 0 Å². The van der Waals surface area contributed by atoms with Crippen molar-refractivity contribution in [3.05, 3.63) is 12.7 Å². The molecule has 2 saturated carbocycles. The van der Waals surface area contributed by atoms with Crippen LogP contribution in [0.1, 0.15) is 93.4 Å². The molecule has 2 rings (SSSR count). The fourth-order valence-corrected chi connectivity index (χ4v) is 6.65. The molecule has 4 heteroatoms. The van der Waals surface area contributed by atoms with Crippen LogP contribution in [0.5, 0.6) is 0 Å². The highest BCUT2D eigenvalue weighted by Gasteiger charge is 2.59. The Bertz CT molecular complexity index is 624. The summed E-state index contributed by atoms with van der Waals surface area (Å²) in [5.74, 6) is 0.316. The van der Waals surface area contributed by atoms with Gasteiger partial charge in [-0.1, -0.05) is 33.8 Å². The highest BCUT2D eigenvalue weighted by Crippen LogP contribution is 2.63. The predicted molar refractivity (Wildman–Crippen MR) is 112 cm³/mol. The van der Waals surface area contributed by atoms with E-state index in [9.17, 15) is 9.59 Å². The van der Waals surface area contributed by atoms with E-state index in [1.54, 1.807) is 6.08 Å². The summed E-state index contributed by atoms with van der Waals surface area (Å²) in [5.41, 5.74) is -0.789. The molecule has 0 aromatic carbocycles. The molecule has 0 aromatic heterocycles. The van der Waals surface area contributed by atoms with Gasteiger partial charge in [-0.3, -0.25) is 9.59 Å². The van der Waals surface area contributed by atoms with Crippen molar-refractivity contribution >= 4 is 11.9 Å². The average molecular weight is 393 g/mol. The van der Waals surface area contributed by atoms with Crippen LogP contribution in [0.2, 0.25) is 0 Å². The topological polar surface area (TPSA) is 52.6 Å². The van der Waals surface area contributed by atoms with Crippen LogP contribution in [0.15, 0.2) is 12.7 Å². The average Bonchev–Trinajstić information content (AvgIpc) is 2.51. The second-order valence-electron chi connectivity index (χ2n) is 10.5. The fraction of sp³-hybridized carbons (Fsp3) is 0.833. The molecular formula is C24H40O4. The Hall–Kier alpha value is -1.32. The van der Waals surface area contributed by atoms with Crippen LogP contribution in [0.4, 0.5) is 0 Å². The molecule has 0 unspecified atom stereocenters. The normalized spacial score (nSPS) is 36.5. The first-order valence-electron chi connectivity index (χ1n) is 10.8. The number of hydrogen-bond donors (Lipinski definition) is 0. The molecule has 0 spiro atoms. The van der Waals surface area contributed by atoms with Gasteiger partial charge in [0, 0.05) is 19.8 Å². The maximum atomic E-state index is 11.9. The zero-order valence-corrected chi connectivity index (χ0v) is 19.0. The zero-order valence-electron chi connectivity index (χ0n) is 19.0. The maximum absolute atomic E-state index is 11.9. The molecule has 0 heterocycles. The lowest BCUT2D eigenvalue weighted by Crippen LogP contribution is -2.59. The molecule has 2 aliphatic rings. The number of hydrogen-bond acceptors (Lipinski definition) is 4. The molecule has 2 fully saturated rings. The molecule has 0 radical (unpaired) electrons. The lowest BCUT2D eigenvalue weighted by atomic mass is 9.45. The van der Waals surface area contributed by atoms with Crippen molar-refractivity contribution in [3.63, 3.8) is 0 Å². The van der Waals surface area contributed by atoms with Gasteiger partial charge in [-0.15, -0.1) is 0 Å². The van der Waals surface area contributed by atoms with E-state index in [1.807, 2.05) is 6.92 Å². The Morgan fingerprint density at radius 3 is 2.29 bits per heavy atom. The Morgan fingerprint density at radius 1 is 1.11 bits per heavy atom. The van der Waals surface area contributed by atoms with E-state index in [-0.39, 0.29) is 23.3 Å². The Kier molecular flexibility index (Phi) is 6.43. The van der Waals surface area contributed by atoms with Crippen molar-refractivity contribution in [2.24, 2.45) is 22.7 Å². The van der Waals surface area contributed by atoms with Crippen molar-refractivity contribution in [3.8, 4) is 0 Å². The Labute approximate surface area is 171 Å². The summed E-state index contributed by atoms with van der Waals surface area (Å²) >= 11 is 0. The molecular weight excluding hydrogens is 352 g/mol. The van der Waals surface area contributed by atoms with Crippen LogP contribution in [0, 0.1) is 22.7 Å². The number of carbonyl (C=O) groups is 2. The molecule has 0 aliphatic heterocycles. The van der Waals surface area contributed by atoms with Crippen LogP contribution in [0.25, 0.3) is 0 Å². The molecule has 160 valence electrons. The summed E-state index contributed by atoms with van der Waals surface area (Å²) in [4.78, 5) is 23.5. The van der Waals surface area contributed by atoms with E-state index in [0.717, 1.165) is 25.7 Å². The van der Waals surface area contributed by atoms with Crippen LogP contribution in [-0.4, -0.2) is 23.1 Å². The first-order valence-corrected chi connectivity index (χ1v) is 10.8. The van der Waals surface area contributed by atoms with Gasteiger partial charge >= 0.3 is 11.9 Å². The minimum Gasteiger partial charge on any atom is -0.459 e. The third kappa shape index (κ3) is 4.46. The summed E-state index contributed by atoms with van der Waals surface area (Å²) in [7, 11) is 0. The molecule has 0 saturated heterocycles. The summed E-state index contributed by atoms with van der Waals surface area (Å²) in [6, 6.07) is 0. The van der Waals surface area contributed by atoms with Crippen LogP contribution in [0.3, 0.4) is 0 Å². The molecule has 2 aliphatic carbocycles. The molecule has 28 heavy (non-hydrogen) atoms. The molecule has 0 amide bonds. The lowest BCUT2D eigenvalue weighted by molar-refractivity contribution is -0.201. The van der Waals surface area contributed by atoms with Crippen molar-refractivity contribution < 1.29 is 19.1 Å². The first kappa shape index (κ1) is 23.0. The van der Waals surface area contributed by atoms with E-state index in [4.69, 9.17) is 9.47 Å². The monoisotopic (exact) mass is 392 g/mol. The van der Waals surface area contributed by atoms with Gasteiger partial charge in [-0.05, 0) is 75.2 Å². The standard InChI is InChI=1S/C24H40O4/c1-9-22(6,27-17(2)25)15-11-20-23(7)14-10-13-21(4,5)19(23)12-16-24(20,8)28-18(3)26/h9,19-20H,1,10-16H2,2-8H3/t19-,20-,22+,23+,24+/m0/s1. The smallest absolute Gasteiger partial charge is 0.303 e. The number of esters is 2. The fourth-order valence-electron chi connectivity index (χ4n) is 6.65. The Morgan fingerprint density at radius 2 is 1.75 bits per heavy atom. The van der Waals surface area contributed by atoms with Crippen LogP contribution < -0.4 is 0 Å². The van der Waals surface area contributed by atoms with Gasteiger partial charge < -0.3 is 9.47 Å². The largest absolute Gasteiger partial charge is 0.459 e. The van der Waals surface area contributed by atoms with Crippen LogP contribution in [-0.2, 0) is 19.1 Å². The van der Waals surface area contributed by atoms with Gasteiger partial charge in [0.25, 0.3) is 0 Å². The molecule has 5 atom stereocenters. The van der Waals surface area contributed by atoms with Gasteiger partial charge in [0.15, 0.2) is 0 Å². The van der Waals surface area contributed by atoms with Gasteiger partial charge in [0.05, 0.1) is 0 Å². The molecule has 4 nitrogen and oxygen atoms in total. The van der Waals surface area contributed by atoms with E-state index in [0.29, 0.717) is 17.8 Å². The van der Waals surface area contributed by atoms with Gasteiger partial charge in [-0.25, -0.2) is 0 Å². The van der Waals surface area contributed by atoms with E-state index in [2.05, 4.69) is 34.3 Å². The van der Waals surface area contributed by atoms with Crippen molar-refractivity contribution in [2.45, 2.75) is 105 Å². The van der Waals surface area contributed by atoms with Crippen molar-refractivity contribution in [1.29, 1.82) is 0 Å². The summed E-state index contributed by atoms with van der Waals surface area (Å²) in [6.07, 6.45) is 8.83. The Balaban J connectivity index is 2.37. The van der Waals surface area contributed by atoms with E-state index < -0.39 is 11.2 Å². The summed E-state index contributed by atoms with van der Waals surface area (Å²) in [6.45, 7) is 18.1.